The van der Waals surface area contributed by atoms with Gasteiger partial charge in [0, 0.05) is 26.2 Å². The van der Waals surface area contributed by atoms with Crippen LogP contribution in [0.3, 0.4) is 0 Å². The molecule has 2 rings (SSSR count). The predicted molar refractivity (Wildman–Crippen MR) is 85.2 cm³/mol. The zero-order valence-corrected chi connectivity index (χ0v) is 14.2. The van der Waals surface area contributed by atoms with Gasteiger partial charge in [0.1, 0.15) is 5.75 Å². The number of hydrogen-bond acceptors (Lipinski definition) is 3. The average molecular weight is 358 g/mol. The summed E-state index contributed by atoms with van der Waals surface area (Å²) in [4.78, 5) is 25.8. The third kappa shape index (κ3) is 4.87. The molecule has 1 saturated heterocycles. The van der Waals surface area contributed by atoms with Crippen molar-refractivity contribution in [3.05, 3.63) is 29.3 Å². The number of carbonyl (C=O) groups is 2. The molecule has 1 aliphatic heterocycles. The highest BCUT2D eigenvalue weighted by atomic mass is 19.4. The highest BCUT2D eigenvalue weighted by Gasteiger charge is 2.42. The molecule has 1 aromatic rings. The van der Waals surface area contributed by atoms with E-state index in [1.54, 1.807) is 6.07 Å². The molecule has 25 heavy (non-hydrogen) atoms. The maximum absolute atomic E-state index is 12.5. The SMILES string of the molecule is Cc1cccc(OCC(=O)N2CCCN(C(=O)C(F)(F)F)CC2)c1C. The van der Waals surface area contributed by atoms with Crippen LogP contribution in [0, 0.1) is 13.8 Å². The van der Waals surface area contributed by atoms with Crippen LogP contribution in [0.25, 0.3) is 0 Å². The molecule has 138 valence electrons. The Hall–Kier alpha value is -2.25. The van der Waals surface area contributed by atoms with Crippen LogP contribution >= 0.6 is 0 Å². The zero-order chi connectivity index (χ0) is 18.6. The summed E-state index contributed by atoms with van der Waals surface area (Å²) < 4.78 is 43.1. The minimum Gasteiger partial charge on any atom is -0.483 e. The van der Waals surface area contributed by atoms with Gasteiger partial charge in [-0.05, 0) is 37.5 Å². The number of aryl methyl sites for hydroxylation is 1. The fraction of sp³-hybridized carbons (Fsp3) is 0.529. The maximum Gasteiger partial charge on any atom is 0.471 e. The summed E-state index contributed by atoms with van der Waals surface area (Å²) in [5.41, 5.74) is 1.98. The van der Waals surface area contributed by atoms with Crippen molar-refractivity contribution in [1.82, 2.24) is 9.80 Å². The van der Waals surface area contributed by atoms with Gasteiger partial charge in [-0.3, -0.25) is 9.59 Å². The molecule has 0 N–H and O–H groups in total. The Labute approximate surface area is 144 Å². The topological polar surface area (TPSA) is 49.9 Å². The van der Waals surface area contributed by atoms with Crippen LogP contribution in [0.2, 0.25) is 0 Å². The van der Waals surface area contributed by atoms with Gasteiger partial charge in [0.25, 0.3) is 5.91 Å². The summed E-state index contributed by atoms with van der Waals surface area (Å²) in [6, 6.07) is 5.53. The number of alkyl halides is 3. The van der Waals surface area contributed by atoms with Crippen LogP contribution in [-0.2, 0) is 9.59 Å². The molecule has 0 spiro atoms. The summed E-state index contributed by atoms with van der Waals surface area (Å²) in [6.45, 7) is 3.87. The zero-order valence-electron chi connectivity index (χ0n) is 14.2. The second-order valence-corrected chi connectivity index (χ2v) is 6.01. The van der Waals surface area contributed by atoms with E-state index in [9.17, 15) is 22.8 Å². The smallest absolute Gasteiger partial charge is 0.471 e. The van der Waals surface area contributed by atoms with E-state index in [2.05, 4.69) is 0 Å². The van der Waals surface area contributed by atoms with E-state index in [1.807, 2.05) is 26.0 Å². The molecule has 0 radical (unpaired) electrons. The van der Waals surface area contributed by atoms with Crippen LogP contribution in [0.5, 0.6) is 5.75 Å². The highest BCUT2D eigenvalue weighted by Crippen LogP contribution is 2.21. The van der Waals surface area contributed by atoms with Crippen molar-refractivity contribution in [3.63, 3.8) is 0 Å². The Morgan fingerprint density at radius 1 is 1.08 bits per heavy atom. The molecule has 8 heteroatoms. The number of ether oxygens (including phenoxy) is 1. The van der Waals surface area contributed by atoms with E-state index in [-0.39, 0.29) is 32.1 Å². The molecule has 1 heterocycles. The van der Waals surface area contributed by atoms with Crippen molar-refractivity contribution >= 4 is 11.8 Å². The highest BCUT2D eigenvalue weighted by molar-refractivity contribution is 5.82. The molecular formula is C17H21F3N2O3. The minimum atomic E-state index is -4.88. The van der Waals surface area contributed by atoms with Gasteiger partial charge in [0.2, 0.25) is 0 Å². The fourth-order valence-electron chi connectivity index (χ4n) is 2.66. The van der Waals surface area contributed by atoms with E-state index >= 15 is 0 Å². The second kappa shape index (κ2) is 7.76. The molecule has 1 aliphatic rings. The molecule has 5 nitrogen and oxygen atoms in total. The van der Waals surface area contributed by atoms with Gasteiger partial charge in [0.05, 0.1) is 0 Å². The fourth-order valence-corrected chi connectivity index (χ4v) is 2.66. The molecule has 0 aliphatic carbocycles. The molecule has 2 amide bonds. The van der Waals surface area contributed by atoms with Gasteiger partial charge >= 0.3 is 12.1 Å². The summed E-state index contributed by atoms with van der Waals surface area (Å²) >= 11 is 0. The number of hydrogen-bond donors (Lipinski definition) is 0. The largest absolute Gasteiger partial charge is 0.483 e. The summed E-state index contributed by atoms with van der Waals surface area (Å²) in [7, 11) is 0. The predicted octanol–water partition coefficient (Wildman–Crippen LogP) is 2.31. The van der Waals surface area contributed by atoms with Crippen LogP contribution in [0.4, 0.5) is 13.2 Å². The number of amides is 2. The Morgan fingerprint density at radius 2 is 1.72 bits per heavy atom. The van der Waals surface area contributed by atoms with Crippen LogP contribution in [-0.4, -0.2) is 60.6 Å². The Bertz CT molecular complexity index is 647. The van der Waals surface area contributed by atoms with Crippen LogP contribution in [0.1, 0.15) is 17.5 Å². The molecule has 0 bridgehead atoms. The maximum atomic E-state index is 12.5. The van der Waals surface area contributed by atoms with Gasteiger partial charge in [-0.1, -0.05) is 12.1 Å². The summed E-state index contributed by atoms with van der Waals surface area (Å²) in [5, 5.41) is 0. The van der Waals surface area contributed by atoms with Crippen LogP contribution in [0.15, 0.2) is 18.2 Å². The lowest BCUT2D eigenvalue weighted by atomic mass is 10.1. The van der Waals surface area contributed by atoms with Gasteiger partial charge in [-0.15, -0.1) is 0 Å². The van der Waals surface area contributed by atoms with E-state index in [0.717, 1.165) is 16.0 Å². The lowest BCUT2D eigenvalue weighted by molar-refractivity contribution is -0.185. The van der Waals surface area contributed by atoms with Crippen molar-refractivity contribution in [2.45, 2.75) is 26.4 Å². The van der Waals surface area contributed by atoms with Gasteiger partial charge in [0.15, 0.2) is 6.61 Å². The van der Waals surface area contributed by atoms with Gasteiger partial charge in [-0.2, -0.15) is 13.2 Å². The number of carbonyl (C=O) groups excluding carboxylic acids is 2. The van der Waals surface area contributed by atoms with Crippen molar-refractivity contribution in [2.75, 3.05) is 32.8 Å². The Kier molecular flexibility index (Phi) is 5.92. The van der Waals surface area contributed by atoms with Crippen molar-refractivity contribution in [3.8, 4) is 5.75 Å². The second-order valence-electron chi connectivity index (χ2n) is 6.01. The molecule has 0 unspecified atom stereocenters. The molecule has 0 atom stereocenters. The number of rotatable bonds is 3. The lowest BCUT2D eigenvalue weighted by Gasteiger charge is -2.23. The Balaban J connectivity index is 1.90. The molecule has 0 saturated carbocycles. The van der Waals surface area contributed by atoms with E-state index in [0.29, 0.717) is 18.7 Å². The molecule has 0 aromatic heterocycles. The minimum absolute atomic E-state index is 0.0139. The number of halogens is 3. The average Bonchev–Trinajstić information content (AvgIpc) is 2.80. The van der Waals surface area contributed by atoms with Gasteiger partial charge in [-0.25, -0.2) is 0 Å². The third-order valence-corrected chi connectivity index (χ3v) is 4.28. The molecule has 1 fully saturated rings. The van der Waals surface area contributed by atoms with Crippen LogP contribution < -0.4 is 4.74 Å². The quantitative estimate of drug-likeness (QED) is 0.833. The van der Waals surface area contributed by atoms with Crippen molar-refractivity contribution in [2.24, 2.45) is 0 Å². The monoisotopic (exact) mass is 358 g/mol. The van der Waals surface area contributed by atoms with Crippen molar-refractivity contribution < 1.29 is 27.5 Å². The lowest BCUT2D eigenvalue weighted by Crippen LogP contribution is -2.44. The normalized spacial score (nSPS) is 15.7. The van der Waals surface area contributed by atoms with Gasteiger partial charge < -0.3 is 14.5 Å². The first-order valence-corrected chi connectivity index (χ1v) is 8.03. The van der Waals surface area contributed by atoms with E-state index in [4.69, 9.17) is 4.74 Å². The molecule has 1 aromatic carbocycles. The standard InChI is InChI=1S/C17H21F3N2O3/c1-12-5-3-6-14(13(12)2)25-11-15(23)21-7-4-8-22(10-9-21)16(24)17(18,19)20/h3,5-6H,4,7-11H2,1-2H3. The number of benzene rings is 1. The summed E-state index contributed by atoms with van der Waals surface area (Å²) in [5.74, 6) is -1.55. The molecular weight excluding hydrogens is 337 g/mol. The first kappa shape index (κ1) is 19.1. The van der Waals surface area contributed by atoms with Crippen molar-refractivity contribution in [1.29, 1.82) is 0 Å². The van der Waals surface area contributed by atoms with E-state index in [1.165, 1.54) is 4.90 Å². The third-order valence-electron chi connectivity index (χ3n) is 4.28. The summed E-state index contributed by atoms with van der Waals surface area (Å²) in [6.07, 6.45) is -4.58. The first-order chi connectivity index (χ1) is 11.7. The first-order valence-electron chi connectivity index (χ1n) is 8.03. The Morgan fingerprint density at radius 3 is 2.40 bits per heavy atom. The van der Waals surface area contributed by atoms with E-state index < -0.39 is 12.1 Å². The number of nitrogens with zero attached hydrogens (tertiary/aromatic N) is 2.